The first kappa shape index (κ1) is 8.52. The van der Waals surface area contributed by atoms with Crippen LogP contribution in [-0.2, 0) is 7.05 Å². The summed E-state index contributed by atoms with van der Waals surface area (Å²) in [5, 5.41) is 1.14. The summed E-state index contributed by atoms with van der Waals surface area (Å²) in [6.07, 6.45) is 5.69. The van der Waals surface area contributed by atoms with Crippen LogP contribution in [0.1, 0.15) is 0 Å². The minimum Gasteiger partial charge on any atom is -1.00 e. The summed E-state index contributed by atoms with van der Waals surface area (Å²) >= 11 is 0. The zero-order valence-electron chi connectivity index (χ0n) is 6.12. The maximum absolute atomic E-state index is 5.16. The van der Waals surface area contributed by atoms with Crippen LogP contribution < -0.4 is 28.5 Å². The molecule has 0 spiro atoms. The molecule has 58 valence electrons. The van der Waals surface area contributed by atoms with E-state index in [0.717, 1.165) is 11.0 Å². The summed E-state index contributed by atoms with van der Waals surface area (Å²) in [7, 11) is 1.99. The van der Waals surface area contributed by atoms with Crippen molar-refractivity contribution in [1.82, 2.24) is 0 Å². The average molecular weight is 261 g/mol. The van der Waals surface area contributed by atoms with Gasteiger partial charge in [0.15, 0.2) is 12.4 Å². The lowest BCUT2D eigenvalue weighted by Crippen LogP contribution is -3.00. The molecule has 0 bridgehead atoms. The van der Waals surface area contributed by atoms with E-state index >= 15 is 0 Å². The number of rotatable bonds is 0. The summed E-state index contributed by atoms with van der Waals surface area (Å²) in [5.41, 5.74) is 0.943. The third-order valence-electron chi connectivity index (χ3n) is 1.53. The Kier molecular flexibility index (Phi) is 2.49. The quantitative estimate of drug-likeness (QED) is 0.406. The second kappa shape index (κ2) is 3.21. The molecule has 3 heteroatoms. The Balaban J connectivity index is 0.000000605. The molecule has 0 aliphatic rings. The van der Waals surface area contributed by atoms with Gasteiger partial charge in [-0.1, -0.05) is 0 Å². The van der Waals surface area contributed by atoms with Gasteiger partial charge in [0, 0.05) is 6.07 Å². The first-order valence-electron chi connectivity index (χ1n) is 3.19. The Bertz CT molecular complexity index is 356. The lowest BCUT2D eigenvalue weighted by atomic mass is 10.3. The molecule has 0 saturated heterocycles. The van der Waals surface area contributed by atoms with E-state index in [1.54, 1.807) is 6.26 Å². The predicted octanol–water partition coefficient (Wildman–Crippen LogP) is -1.74. The van der Waals surface area contributed by atoms with E-state index in [-0.39, 0.29) is 24.0 Å². The largest absolute Gasteiger partial charge is 1.00 e. The third kappa shape index (κ3) is 1.53. The van der Waals surface area contributed by atoms with Crippen LogP contribution >= 0.6 is 0 Å². The Hall–Kier alpha value is -0.580. The van der Waals surface area contributed by atoms with Gasteiger partial charge in [0.05, 0.1) is 11.6 Å². The van der Waals surface area contributed by atoms with E-state index in [0.29, 0.717) is 0 Å². The fourth-order valence-corrected chi connectivity index (χ4v) is 1.02. The predicted molar refractivity (Wildman–Crippen MR) is 37.4 cm³/mol. The van der Waals surface area contributed by atoms with Gasteiger partial charge in [0.1, 0.15) is 12.6 Å². The standard InChI is InChI=1S/C8H8NO.HI/c1-9-4-2-8-7(6-9)3-5-10-8;/h2-6H,1H3;1H/q+1;/p-1. The molecule has 2 heterocycles. The number of fused-ring (bicyclic) bond motifs is 1. The SMILES string of the molecule is C[n+]1ccc2occc2c1.[I-]. The van der Waals surface area contributed by atoms with Gasteiger partial charge in [-0.15, -0.1) is 0 Å². The lowest BCUT2D eigenvalue weighted by molar-refractivity contribution is -0.670. The van der Waals surface area contributed by atoms with Crippen molar-refractivity contribution < 1.29 is 33.0 Å². The van der Waals surface area contributed by atoms with Crippen LogP contribution in [0.25, 0.3) is 11.0 Å². The average Bonchev–Trinajstić information content (AvgIpc) is 2.33. The van der Waals surface area contributed by atoms with Crippen molar-refractivity contribution in [3.8, 4) is 0 Å². The molecule has 2 nitrogen and oxygen atoms in total. The van der Waals surface area contributed by atoms with Crippen LogP contribution in [0, 0.1) is 0 Å². The van der Waals surface area contributed by atoms with Crippen molar-refractivity contribution in [3.05, 3.63) is 30.8 Å². The van der Waals surface area contributed by atoms with Crippen molar-refractivity contribution in [2.75, 3.05) is 0 Å². The monoisotopic (exact) mass is 261 g/mol. The Morgan fingerprint density at radius 2 is 2.18 bits per heavy atom. The van der Waals surface area contributed by atoms with E-state index in [1.807, 2.05) is 36.1 Å². The molecule has 0 saturated carbocycles. The van der Waals surface area contributed by atoms with Crippen LogP contribution in [0.4, 0.5) is 0 Å². The molecule has 0 aliphatic heterocycles. The molecule has 0 aromatic carbocycles. The topological polar surface area (TPSA) is 17.0 Å². The highest BCUT2D eigenvalue weighted by Crippen LogP contribution is 2.10. The molecular formula is C8H8INO. The molecule has 0 aliphatic carbocycles. The number of pyridine rings is 1. The highest BCUT2D eigenvalue weighted by Gasteiger charge is 1.98. The van der Waals surface area contributed by atoms with Gasteiger partial charge in [0.2, 0.25) is 0 Å². The highest BCUT2D eigenvalue weighted by molar-refractivity contribution is 5.74. The molecule has 2 aromatic heterocycles. The van der Waals surface area contributed by atoms with Crippen LogP contribution in [0.2, 0.25) is 0 Å². The van der Waals surface area contributed by atoms with Gasteiger partial charge < -0.3 is 28.4 Å². The molecule has 0 amide bonds. The summed E-state index contributed by atoms with van der Waals surface area (Å²) in [4.78, 5) is 0. The Morgan fingerprint density at radius 1 is 1.36 bits per heavy atom. The molecule has 11 heavy (non-hydrogen) atoms. The number of aromatic nitrogens is 1. The zero-order chi connectivity index (χ0) is 6.97. The van der Waals surface area contributed by atoms with Gasteiger partial charge in [-0.05, 0) is 6.07 Å². The number of nitrogens with zero attached hydrogens (tertiary/aromatic N) is 1. The van der Waals surface area contributed by atoms with E-state index in [9.17, 15) is 0 Å². The van der Waals surface area contributed by atoms with Gasteiger partial charge in [0.25, 0.3) is 0 Å². The minimum atomic E-state index is 0. The first-order chi connectivity index (χ1) is 4.86. The number of aryl methyl sites for hydroxylation is 1. The number of hydrogen-bond acceptors (Lipinski definition) is 1. The van der Waals surface area contributed by atoms with Crippen molar-refractivity contribution in [1.29, 1.82) is 0 Å². The van der Waals surface area contributed by atoms with Crippen LogP contribution in [-0.4, -0.2) is 0 Å². The number of hydrogen-bond donors (Lipinski definition) is 0. The second-order valence-corrected chi connectivity index (χ2v) is 2.35. The summed E-state index contributed by atoms with van der Waals surface area (Å²) in [6, 6.07) is 3.91. The molecule has 0 radical (unpaired) electrons. The molecule has 0 fully saturated rings. The lowest BCUT2D eigenvalue weighted by Gasteiger charge is -1.84. The fourth-order valence-electron chi connectivity index (χ4n) is 1.02. The zero-order valence-corrected chi connectivity index (χ0v) is 8.28. The maximum atomic E-state index is 5.16. The Morgan fingerprint density at radius 3 is 3.00 bits per heavy atom. The van der Waals surface area contributed by atoms with Crippen molar-refractivity contribution in [2.45, 2.75) is 0 Å². The summed E-state index contributed by atoms with van der Waals surface area (Å²) in [6.45, 7) is 0. The first-order valence-corrected chi connectivity index (χ1v) is 3.19. The normalized spacial score (nSPS) is 9.55. The van der Waals surface area contributed by atoms with E-state index < -0.39 is 0 Å². The van der Waals surface area contributed by atoms with Crippen LogP contribution in [0.15, 0.2) is 35.2 Å². The van der Waals surface area contributed by atoms with Crippen molar-refractivity contribution in [3.63, 3.8) is 0 Å². The molecule has 0 atom stereocenters. The molecule has 0 unspecified atom stereocenters. The molecule has 2 rings (SSSR count). The third-order valence-corrected chi connectivity index (χ3v) is 1.53. The van der Waals surface area contributed by atoms with Gasteiger partial charge in [-0.2, -0.15) is 0 Å². The Labute approximate surface area is 81.8 Å². The van der Waals surface area contributed by atoms with Gasteiger partial charge in [-0.25, -0.2) is 4.57 Å². The number of furan rings is 1. The fraction of sp³-hybridized carbons (Fsp3) is 0.125. The molecule has 0 N–H and O–H groups in total. The summed E-state index contributed by atoms with van der Waals surface area (Å²) in [5.74, 6) is 0. The van der Waals surface area contributed by atoms with Crippen LogP contribution in [0.3, 0.4) is 0 Å². The van der Waals surface area contributed by atoms with Crippen molar-refractivity contribution in [2.24, 2.45) is 7.05 Å². The molecule has 2 aromatic rings. The van der Waals surface area contributed by atoms with E-state index in [2.05, 4.69) is 0 Å². The maximum Gasteiger partial charge on any atom is 0.179 e. The minimum absolute atomic E-state index is 0. The van der Waals surface area contributed by atoms with Gasteiger partial charge in [-0.3, -0.25) is 0 Å². The second-order valence-electron chi connectivity index (χ2n) is 2.35. The van der Waals surface area contributed by atoms with Crippen molar-refractivity contribution >= 4 is 11.0 Å². The van der Waals surface area contributed by atoms with E-state index in [4.69, 9.17) is 4.42 Å². The summed E-state index contributed by atoms with van der Waals surface area (Å²) < 4.78 is 7.16. The highest BCUT2D eigenvalue weighted by atomic mass is 127. The molecular weight excluding hydrogens is 253 g/mol. The van der Waals surface area contributed by atoms with Crippen LogP contribution in [0.5, 0.6) is 0 Å². The number of halogens is 1. The van der Waals surface area contributed by atoms with E-state index in [1.165, 1.54) is 0 Å². The smallest absolute Gasteiger partial charge is 0.179 e. The van der Waals surface area contributed by atoms with Gasteiger partial charge >= 0.3 is 0 Å².